The Labute approximate surface area is 107 Å². The first-order valence-corrected chi connectivity index (χ1v) is 7.45. The summed E-state index contributed by atoms with van der Waals surface area (Å²) in [6, 6.07) is 0. The standard InChI is InChI=1S/C14H21NOS/c1-10(2)11-3-5-12(6-4-11)14(16)7-13-8-15-9-17-13/h8-12H,3-7H2,1-2H3. The van der Waals surface area contributed by atoms with Crippen molar-refractivity contribution in [3.8, 4) is 0 Å². The summed E-state index contributed by atoms with van der Waals surface area (Å²) in [5, 5.41) is 0. The number of rotatable bonds is 4. The zero-order valence-electron chi connectivity index (χ0n) is 10.7. The highest BCUT2D eigenvalue weighted by atomic mass is 32.1. The van der Waals surface area contributed by atoms with E-state index in [9.17, 15) is 4.79 Å². The summed E-state index contributed by atoms with van der Waals surface area (Å²) in [6.07, 6.45) is 7.08. The molecule has 0 unspecified atom stereocenters. The van der Waals surface area contributed by atoms with Crippen LogP contribution in [0.3, 0.4) is 0 Å². The Balaban J connectivity index is 1.82. The van der Waals surface area contributed by atoms with Crippen molar-refractivity contribution >= 4 is 17.1 Å². The number of hydrogen-bond donors (Lipinski definition) is 0. The van der Waals surface area contributed by atoms with Crippen molar-refractivity contribution in [1.29, 1.82) is 0 Å². The van der Waals surface area contributed by atoms with Gasteiger partial charge in [-0.25, -0.2) is 0 Å². The van der Waals surface area contributed by atoms with Crippen LogP contribution in [0.1, 0.15) is 44.4 Å². The Morgan fingerprint density at radius 2 is 2.12 bits per heavy atom. The summed E-state index contributed by atoms with van der Waals surface area (Å²) >= 11 is 1.59. The summed E-state index contributed by atoms with van der Waals surface area (Å²) in [4.78, 5) is 17.3. The van der Waals surface area contributed by atoms with Crippen LogP contribution < -0.4 is 0 Å². The minimum absolute atomic E-state index is 0.312. The molecule has 1 saturated carbocycles. The lowest BCUT2D eigenvalue weighted by Crippen LogP contribution is -2.25. The smallest absolute Gasteiger partial charge is 0.141 e. The molecule has 0 bridgehead atoms. The van der Waals surface area contributed by atoms with E-state index in [4.69, 9.17) is 0 Å². The SMILES string of the molecule is CC(C)C1CCC(C(=O)Cc2cncs2)CC1. The molecule has 1 aliphatic rings. The van der Waals surface area contributed by atoms with Gasteiger partial charge in [0.2, 0.25) is 0 Å². The molecular weight excluding hydrogens is 230 g/mol. The first-order chi connectivity index (χ1) is 8.16. The third kappa shape index (κ3) is 3.38. The van der Waals surface area contributed by atoms with E-state index in [-0.39, 0.29) is 0 Å². The first kappa shape index (κ1) is 12.7. The first-order valence-electron chi connectivity index (χ1n) is 6.57. The second-order valence-electron chi connectivity index (χ2n) is 5.47. The molecule has 1 aromatic rings. The zero-order chi connectivity index (χ0) is 12.3. The topological polar surface area (TPSA) is 30.0 Å². The second kappa shape index (κ2) is 5.76. The molecule has 17 heavy (non-hydrogen) atoms. The largest absolute Gasteiger partial charge is 0.299 e. The zero-order valence-corrected chi connectivity index (χ0v) is 11.5. The van der Waals surface area contributed by atoms with E-state index >= 15 is 0 Å². The molecule has 2 rings (SSSR count). The lowest BCUT2D eigenvalue weighted by Gasteiger charge is -2.30. The van der Waals surface area contributed by atoms with E-state index in [1.807, 2.05) is 6.20 Å². The van der Waals surface area contributed by atoms with Crippen LogP contribution in [0, 0.1) is 17.8 Å². The van der Waals surface area contributed by atoms with Crippen molar-refractivity contribution in [3.63, 3.8) is 0 Å². The number of carbonyl (C=O) groups is 1. The van der Waals surface area contributed by atoms with E-state index < -0.39 is 0 Å². The Kier molecular flexibility index (Phi) is 4.32. The molecule has 0 aromatic carbocycles. The molecule has 1 aliphatic carbocycles. The van der Waals surface area contributed by atoms with Crippen molar-refractivity contribution in [2.24, 2.45) is 17.8 Å². The molecule has 0 N–H and O–H groups in total. The number of nitrogens with zero attached hydrogens (tertiary/aromatic N) is 1. The number of aromatic nitrogens is 1. The predicted octanol–water partition coefficient (Wildman–Crippen LogP) is 3.72. The van der Waals surface area contributed by atoms with Gasteiger partial charge in [0.05, 0.1) is 5.51 Å². The number of ketones is 1. The molecule has 0 aliphatic heterocycles. The monoisotopic (exact) mass is 251 g/mol. The molecule has 0 radical (unpaired) electrons. The molecule has 1 aromatic heterocycles. The maximum absolute atomic E-state index is 12.1. The highest BCUT2D eigenvalue weighted by molar-refractivity contribution is 7.09. The van der Waals surface area contributed by atoms with Crippen molar-refractivity contribution in [1.82, 2.24) is 4.98 Å². The van der Waals surface area contributed by atoms with Crippen LogP contribution in [0.25, 0.3) is 0 Å². The van der Waals surface area contributed by atoms with Gasteiger partial charge in [0.15, 0.2) is 0 Å². The summed E-state index contributed by atoms with van der Waals surface area (Å²) in [7, 11) is 0. The highest BCUT2D eigenvalue weighted by Gasteiger charge is 2.27. The van der Waals surface area contributed by atoms with Gasteiger partial charge in [-0.05, 0) is 37.5 Å². The Hall–Kier alpha value is -0.700. The van der Waals surface area contributed by atoms with Gasteiger partial charge in [-0.1, -0.05) is 13.8 Å². The van der Waals surface area contributed by atoms with Gasteiger partial charge in [-0.15, -0.1) is 11.3 Å². The third-order valence-electron chi connectivity index (χ3n) is 4.00. The van der Waals surface area contributed by atoms with Crippen molar-refractivity contribution in [2.75, 3.05) is 0 Å². The quantitative estimate of drug-likeness (QED) is 0.816. The molecule has 1 fully saturated rings. The van der Waals surface area contributed by atoms with E-state index in [0.717, 1.165) is 29.6 Å². The van der Waals surface area contributed by atoms with Gasteiger partial charge in [0.25, 0.3) is 0 Å². The maximum Gasteiger partial charge on any atom is 0.141 e. The van der Waals surface area contributed by atoms with Crippen molar-refractivity contribution < 1.29 is 4.79 Å². The summed E-state index contributed by atoms with van der Waals surface area (Å²) in [6.45, 7) is 4.59. The minimum Gasteiger partial charge on any atom is -0.299 e. The predicted molar refractivity (Wildman–Crippen MR) is 71.1 cm³/mol. The summed E-state index contributed by atoms with van der Waals surface area (Å²) in [5.41, 5.74) is 1.80. The van der Waals surface area contributed by atoms with E-state index in [0.29, 0.717) is 18.1 Å². The fourth-order valence-electron chi connectivity index (χ4n) is 2.75. The van der Waals surface area contributed by atoms with Gasteiger partial charge in [0, 0.05) is 23.4 Å². The molecule has 0 saturated heterocycles. The lowest BCUT2D eigenvalue weighted by atomic mass is 9.75. The molecule has 0 atom stereocenters. The van der Waals surface area contributed by atoms with E-state index in [2.05, 4.69) is 18.8 Å². The molecule has 0 amide bonds. The fourth-order valence-corrected chi connectivity index (χ4v) is 3.36. The maximum atomic E-state index is 12.1. The second-order valence-corrected chi connectivity index (χ2v) is 6.44. The van der Waals surface area contributed by atoms with Crippen LogP contribution in [0.4, 0.5) is 0 Å². The summed E-state index contributed by atoms with van der Waals surface area (Å²) in [5.74, 6) is 2.35. The average molecular weight is 251 g/mol. The number of Topliss-reactive ketones (excluding diaryl/α,β-unsaturated/α-hetero) is 1. The van der Waals surface area contributed by atoms with Crippen LogP contribution in [-0.2, 0) is 11.2 Å². The van der Waals surface area contributed by atoms with Gasteiger partial charge >= 0.3 is 0 Å². The average Bonchev–Trinajstić information content (AvgIpc) is 2.82. The molecule has 2 nitrogen and oxygen atoms in total. The molecule has 0 spiro atoms. The Morgan fingerprint density at radius 1 is 1.41 bits per heavy atom. The van der Waals surface area contributed by atoms with Crippen molar-refractivity contribution in [3.05, 3.63) is 16.6 Å². The van der Waals surface area contributed by atoms with Gasteiger partial charge in [-0.3, -0.25) is 9.78 Å². The molecular formula is C14H21NOS. The van der Waals surface area contributed by atoms with Crippen LogP contribution in [0.5, 0.6) is 0 Å². The summed E-state index contributed by atoms with van der Waals surface area (Å²) < 4.78 is 0. The van der Waals surface area contributed by atoms with E-state index in [1.165, 1.54) is 12.8 Å². The lowest BCUT2D eigenvalue weighted by molar-refractivity contribution is -0.123. The number of thiazole rings is 1. The number of hydrogen-bond acceptors (Lipinski definition) is 3. The van der Waals surface area contributed by atoms with Crippen LogP contribution in [0.2, 0.25) is 0 Å². The normalized spacial score (nSPS) is 25.1. The Bertz CT molecular complexity index is 350. The van der Waals surface area contributed by atoms with Gasteiger partial charge < -0.3 is 0 Å². The molecule has 1 heterocycles. The van der Waals surface area contributed by atoms with Crippen LogP contribution in [0.15, 0.2) is 11.7 Å². The van der Waals surface area contributed by atoms with Gasteiger partial charge in [-0.2, -0.15) is 0 Å². The van der Waals surface area contributed by atoms with Crippen molar-refractivity contribution in [2.45, 2.75) is 46.0 Å². The number of carbonyl (C=O) groups excluding carboxylic acids is 1. The van der Waals surface area contributed by atoms with E-state index in [1.54, 1.807) is 16.8 Å². The molecule has 3 heteroatoms. The Morgan fingerprint density at radius 3 is 2.65 bits per heavy atom. The minimum atomic E-state index is 0.312. The fraction of sp³-hybridized carbons (Fsp3) is 0.714. The third-order valence-corrected chi connectivity index (χ3v) is 4.78. The van der Waals surface area contributed by atoms with Gasteiger partial charge in [0.1, 0.15) is 5.78 Å². The van der Waals surface area contributed by atoms with Crippen LogP contribution in [-0.4, -0.2) is 10.8 Å². The molecule has 94 valence electrons. The van der Waals surface area contributed by atoms with Crippen LogP contribution >= 0.6 is 11.3 Å². The highest BCUT2D eigenvalue weighted by Crippen LogP contribution is 2.34.